The lowest BCUT2D eigenvalue weighted by Gasteiger charge is -2.36. The molecular formula is C29H38FN3O4. The molecular weight excluding hydrogens is 473 g/mol. The Kier molecular flexibility index (Phi) is 8.82. The number of hydrogen-bond acceptors (Lipinski definition) is 5. The maximum atomic E-state index is 13.5. The third-order valence-electron chi connectivity index (χ3n) is 7.62. The lowest BCUT2D eigenvalue weighted by Crippen LogP contribution is -2.46. The number of nitrogens with zero attached hydrogens (tertiary/aromatic N) is 2. The summed E-state index contributed by atoms with van der Waals surface area (Å²) in [6.45, 7) is 6.34. The maximum absolute atomic E-state index is 13.5. The highest BCUT2D eigenvalue weighted by atomic mass is 19.1. The van der Waals surface area contributed by atoms with Crippen molar-refractivity contribution in [3.05, 3.63) is 59.4 Å². The second-order valence-electron chi connectivity index (χ2n) is 10.5. The lowest BCUT2D eigenvalue weighted by atomic mass is 9.85. The molecule has 1 fully saturated rings. The molecule has 4 rings (SSSR count). The molecule has 0 aromatic heterocycles. The minimum atomic E-state index is -0.255. The molecule has 0 bridgehead atoms. The number of carbonyl (C=O) groups is 2. The van der Waals surface area contributed by atoms with Gasteiger partial charge in [0.05, 0.1) is 11.7 Å². The van der Waals surface area contributed by atoms with E-state index in [1.54, 1.807) is 49.4 Å². The summed E-state index contributed by atoms with van der Waals surface area (Å²) in [6, 6.07) is 11.8. The van der Waals surface area contributed by atoms with Crippen LogP contribution in [0.25, 0.3) is 0 Å². The molecule has 7 nitrogen and oxygen atoms in total. The van der Waals surface area contributed by atoms with E-state index in [1.807, 2.05) is 0 Å². The van der Waals surface area contributed by atoms with E-state index >= 15 is 0 Å². The number of benzene rings is 2. The average molecular weight is 512 g/mol. The zero-order chi connectivity index (χ0) is 26.5. The second-order valence-corrected chi connectivity index (χ2v) is 10.5. The quantitative estimate of drug-likeness (QED) is 0.637. The first-order valence-corrected chi connectivity index (χ1v) is 13.1. The Balaban J connectivity index is 1.60. The summed E-state index contributed by atoms with van der Waals surface area (Å²) in [6.07, 6.45) is 2.71. The van der Waals surface area contributed by atoms with Crippen molar-refractivity contribution in [2.75, 3.05) is 39.2 Å². The standard InChI is InChI=1S/C29H38FN3O4/c1-19-15-33(16-21-8-10-23(30)11-9-21)20(2)18-37-26-13-12-24(31-28(34)22-6-5-7-22)14-25(26)29(35)32(3)17-27(19)36-4/h8-14,19-20,22,27H,5-7,15-18H2,1-4H3,(H,31,34)/t19-,20+,27-/m1/s1. The molecule has 1 heterocycles. The van der Waals surface area contributed by atoms with Crippen LogP contribution in [0.3, 0.4) is 0 Å². The molecule has 3 atom stereocenters. The predicted molar refractivity (Wildman–Crippen MR) is 141 cm³/mol. The smallest absolute Gasteiger partial charge is 0.257 e. The molecule has 37 heavy (non-hydrogen) atoms. The second kappa shape index (κ2) is 12.0. The fourth-order valence-corrected chi connectivity index (χ4v) is 4.89. The summed E-state index contributed by atoms with van der Waals surface area (Å²) in [5, 5.41) is 2.96. The van der Waals surface area contributed by atoms with E-state index in [9.17, 15) is 14.0 Å². The molecule has 200 valence electrons. The Labute approximate surface area is 218 Å². The number of fused-ring (bicyclic) bond motifs is 1. The Morgan fingerprint density at radius 2 is 1.86 bits per heavy atom. The molecule has 0 radical (unpaired) electrons. The highest BCUT2D eigenvalue weighted by molar-refractivity contribution is 6.00. The Bertz CT molecular complexity index is 1090. The largest absolute Gasteiger partial charge is 0.491 e. The fraction of sp³-hybridized carbons (Fsp3) is 0.517. The van der Waals surface area contributed by atoms with Crippen molar-refractivity contribution in [1.29, 1.82) is 0 Å². The number of nitrogens with one attached hydrogen (secondary N) is 1. The van der Waals surface area contributed by atoms with Gasteiger partial charge in [0.2, 0.25) is 5.91 Å². The summed E-state index contributed by atoms with van der Waals surface area (Å²) in [4.78, 5) is 30.0. The van der Waals surface area contributed by atoms with E-state index in [2.05, 4.69) is 24.1 Å². The van der Waals surface area contributed by atoms with Gasteiger partial charge < -0.3 is 19.7 Å². The molecule has 8 heteroatoms. The van der Waals surface area contributed by atoms with Gasteiger partial charge in [0, 0.05) is 51.4 Å². The summed E-state index contributed by atoms with van der Waals surface area (Å²) in [5.74, 6) is 0.214. The minimum Gasteiger partial charge on any atom is -0.491 e. The molecule has 1 saturated carbocycles. The number of methoxy groups -OCH3 is 1. The van der Waals surface area contributed by atoms with E-state index in [1.165, 1.54) is 12.1 Å². The monoisotopic (exact) mass is 511 g/mol. The molecule has 0 spiro atoms. The third-order valence-corrected chi connectivity index (χ3v) is 7.62. The molecule has 1 aliphatic carbocycles. The van der Waals surface area contributed by atoms with Gasteiger partial charge in [-0.25, -0.2) is 4.39 Å². The van der Waals surface area contributed by atoms with Crippen LogP contribution >= 0.6 is 0 Å². The Morgan fingerprint density at radius 3 is 2.51 bits per heavy atom. The SMILES string of the molecule is CO[C@@H]1CN(C)C(=O)c2cc(NC(=O)C3CCC3)ccc2OC[C@H](C)N(Cc2ccc(F)cc2)C[C@H]1C. The number of halogens is 1. The van der Waals surface area contributed by atoms with Crippen LogP contribution < -0.4 is 10.1 Å². The molecule has 2 aromatic carbocycles. The summed E-state index contributed by atoms with van der Waals surface area (Å²) >= 11 is 0. The molecule has 1 N–H and O–H groups in total. The zero-order valence-corrected chi connectivity index (χ0v) is 22.2. The van der Waals surface area contributed by atoms with E-state index in [0.717, 1.165) is 31.4 Å². The van der Waals surface area contributed by atoms with Gasteiger partial charge in [-0.15, -0.1) is 0 Å². The molecule has 2 aromatic rings. The van der Waals surface area contributed by atoms with E-state index < -0.39 is 0 Å². The van der Waals surface area contributed by atoms with Gasteiger partial charge >= 0.3 is 0 Å². The summed E-state index contributed by atoms with van der Waals surface area (Å²) in [5.41, 5.74) is 2.02. The van der Waals surface area contributed by atoms with Crippen LogP contribution in [0.1, 0.15) is 49.0 Å². The molecule has 2 amide bonds. The van der Waals surface area contributed by atoms with Crippen LogP contribution in [0.15, 0.2) is 42.5 Å². The van der Waals surface area contributed by atoms with Crippen molar-refractivity contribution in [3.8, 4) is 5.75 Å². The zero-order valence-electron chi connectivity index (χ0n) is 22.2. The van der Waals surface area contributed by atoms with Gasteiger partial charge in [-0.1, -0.05) is 25.5 Å². The van der Waals surface area contributed by atoms with Crippen LogP contribution in [-0.4, -0.2) is 67.6 Å². The van der Waals surface area contributed by atoms with Crippen molar-refractivity contribution < 1.29 is 23.5 Å². The van der Waals surface area contributed by atoms with Crippen molar-refractivity contribution >= 4 is 17.5 Å². The number of anilines is 1. The minimum absolute atomic E-state index is 0.000551. The number of ether oxygens (including phenoxy) is 2. The number of hydrogen-bond donors (Lipinski definition) is 1. The highest BCUT2D eigenvalue weighted by Crippen LogP contribution is 2.30. The van der Waals surface area contributed by atoms with Crippen LogP contribution in [0.2, 0.25) is 0 Å². The van der Waals surface area contributed by atoms with E-state index in [4.69, 9.17) is 9.47 Å². The number of likely N-dealkylation sites (N-methyl/N-ethyl adjacent to an activating group) is 1. The predicted octanol–water partition coefficient (Wildman–Crippen LogP) is 4.57. The number of rotatable bonds is 5. The first-order valence-electron chi connectivity index (χ1n) is 13.1. The van der Waals surface area contributed by atoms with Gasteiger partial charge in [-0.3, -0.25) is 14.5 Å². The molecule has 0 saturated heterocycles. The van der Waals surface area contributed by atoms with Gasteiger partial charge in [0.1, 0.15) is 18.2 Å². The Hall–Kier alpha value is -2.97. The first kappa shape index (κ1) is 27.1. The number of carbonyl (C=O) groups excluding carboxylic acids is 2. The van der Waals surface area contributed by atoms with Crippen molar-refractivity contribution in [1.82, 2.24) is 9.80 Å². The fourth-order valence-electron chi connectivity index (χ4n) is 4.89. The normalized spacial score (nSPS) is 23.8. The van der Waals surface area contributed by atoms with Gasteiger partial charge in [0.25, 0.3) is 5.91 Å². The molecule has 1 aliphatic heterocycles. The van der Waals surface area contributed by atoms with Crippen molar-refractivity contribution in [3.63, 3.8) is 0 Å². The maximum Gasteiger partial charge on any atom is 0.257 e. The summed E-state index contributed by atoms with van der Waals surface area (Å²) in [7, 11) is 3.43. The first-order chi connectivity index (χ1) is 17.7. The molecule has 2 aliphatic rings. The topological polar surface area (TPSA) is 71.1 Å². The third kappa shape index (κ3) is 6.67. The van der Waals surface area contributed by atoms with Crippen LogP contribution in [0.5, 0.6) is 5.75 Å². The van der Waals surface area contributed by atoms with Crippen molar-refractivity contribution in [2.24, 2.45) is 11.8 Å². The molecule has 0 unspecified atom stereocenters. The van der Waals surface area contributed by atoms with E-state index in [-0.39, 0.29) is 41.6 Å². The van der Waals surface area contributed by atoms with E-state index in [0.29, 0.717) is 36.7 Å². The number of amides is 2. The van der Waals surface area contributed by atoms with Gasteiger partial charge in [-0.05, 0) is 61.6 Å². The highest BCUT2D eigenvalue weighted by Gasteiger charge is 2.29. The lowest BCUT2D eigenvalue weighted by molar-refractivity contribution is -0.122. The van der Waals surface area contributed by atoms with Crippen LogP contribution in [-0.2, 0) is 16.1 Å². The van der Waals surface area contributed by atoms with Crippen LogP contribution in [0, 0.1) is 17.7 Å². The van der Waals surface area contributed by atoms with Gasteiger partial charge in [-0.2, -0.15) is 0 Å². The van der Waals surface area contributed by atoms with Crippen LogP contribution in [0.4, 0.5) is 10.1 Å². The average Bonchev–Trinajstić information content (AvgIpc) is 2.84. The van der Waals surface area contributed by atoms with Crippen molar-refractivity contribution in [2.45, 2.75) is 51.8 Å². The summed E-state index contributed by atoms with van der Waals surface area (Å²) < 4.78 is 25.5. The Morgan fingerprint density at radius 1 is 1.14 bits per heavy atom. The van der Waals surface area contributed by atoms with Gasteiger partial charge in [0.15, 0.2) is 0 Å².